The van der Waals surface area contributed by atoms with E-state index in [2.05, 4.69) is 0 Å². The molecule has 1 fully saturated rings. The van der Waals surface area contributed by atoms with Crippen molar-refractivity contribution in [3.05, 3.63) is 29.3 Å². The second-order valence-electron chi connectivity index (χ2n) is 5.28. The molecule has 0 spiro atoms. The fourth-order valence-electron chi connectivity index (χ4n) is 2.65. The fraction of sp³-hybridized carbons (Fsp3) is 0.500. The van der Waals surface area contributed by atoms with Crippen LogP contribution in [0.3, 0.4) is 0 Å². The lowest BCUT2D eigenvalue weighted by Gasteiger charge is -2.34. The molecular weight excluding hydrogens is 283 g/mol. The van der Waals surface area contributed by atoms with Gasteiger partial charge in [-0.25, -0.2) is 0 Å². The van der Waals surface area contributed by atoms with E-state index in [1.54, 1.807) is 0 Å². The molecule has 0 aliphatic carbocycles. The van der Waals surface area contributed by atoms with Gasteiger partial charge >= 0.3 is 6.18 Å². The SMILES string of the molecule is N=C(N)c1cc(N2CCCC(CO)C2)ccc1C(F)(F)F. The second kappa shape index (κ2) is 5.93. The molecule has 1 aromatic carbocycles. The molecule has 0 saturated carbocycles. The molecule has 1 saturated heterocycles. The number of rotatable bonds is 3. The number of aliphatic hydroxyl groups excluding tert-OH is 1. The Kier molecular flexibility index (Phi) is 4.41. The summed E-state index contributed by atoms with van der Waals surface area (Å²) in [5, 5.41) is 16.6. The summed E-state index contributed by atoms with van der Waals surface area (Å²) in [5.41, 5.74) is 4.70. The van der Waals surface area contributed by atoms with Gasteiger partial charge in [0.25, 0.3) is 0 Å². The van der Waals surface area contributed by atoms with Crippen molar-refractivity contribution in [2.24, 2.45) is 11.7 Å². The number of nitrogens with zero attached hydrogens (tertiary/aromatic N) is 1. The minimum absolute atomic E-state index is 0.0662. The second-order valence-corrected chi connectivity index (χ2v) is 5.28. The Morgan fingerprint density at radius 1 is 1.43 bits per heavy atom. The quantitative estimate of drug-likeness (QED) is 0.592. The minimum Gasteiger partial charge on any atom is -0.396 e. The molecule has 116 valence electrons. The maximum Gasteiger partial charge on any atom is 0.417 e. The smallest absolute Gasteiger partial charge is 0.396 e. The van der Waals surface area contributed by atoms with E-state index in [4.69, 9.17) is 11.1 Å². The van der Waals surface area contributed by atoms with Crippen molar-refractivity contribution in [2.75, 3.05) is 24.6 Å². The van der Waals surface area contributed by atoms with E-state index in [-0.39, 0.29) is 18.1 Å². The van der Waals surface area contributed by atoms with Crippen LogP contribution < -0.4 is 10.6 Å². The average Bonchev–Trinajstić information content (AvgIpc) is 2.45. The average molecular weight is 301 g/mol. The third-order valence-corrected chi connectivity index (χ3v) is 3.74. The molecule has 1 unspecified atom stereocenters. The number of benzene rings is 1. The first kappa shape index (κ1) is 15.6. The molecule has 0 bridgehead atoms. The summed E-state index contributed by atoms with van der Waals surface area (Å²) in [6, 6.07) is 3.68. The highest BCUT2D eigenvalue weighted by Gasteiger charge is 2.34. The maximum absolute atomic E-state index is 12.9. The van der Waals surface area contributed by atoms with E-state index < -0.39 is 17.6 Å². The molecule has 4 nitrogen and oxygen atoms in total. The van der Waals surface area contributed by atoms with Gasteiger partial charge in [-0.05, 0) is 37.0 Å². The molecule has 0 radical (unpaired) electrons. The molecule has 4 N–H and O–H groups in total. The first-order chi connectivity index (χ1) is 9.82. The Morgan fingerprint density at radius 2 is 2.14 bits per heavy atom. The molecule has 0 aromatic heterocycles. The standard InChI is InChI=1S/C14H18F3N3O/c15-14(16,17)12-4-3-10(6-11(12)13(18)19)20-5-1-2-9(7-20)8-21/h3-4,6,9,21H,1-2,5,7-8H2,(H3,18,19). The van der Waals surface area contributed by atoms with Crippen LogP contribution >= 0.6 is 0 Å². The topological polar surface area (TPSA) is 73.3 Å². The van der Waals surface area contributed by atoms with Crippen LogP contribution in [0.25, 0.3) is 0 Å². The Labute approximate surface area is 120 Å². The maximum atomic E-state index is 12.9. The zero-order chi connectivity index (χ0) is 15.6. The van der Waals surface area contributed by atoms with Gasteiger partial charge in [0.05, 0.1) is 5.56 Å². The van der Waals surface area contributed by atoms with Crippen molar-refractivity contribution < 1.29 is 18.3 Å². The molecule has 2 rings (SSSR count). The Bertz CT molecular complexity index is 531. The number of hydrogen-bond acceptors (Lipinski definition) is 3. The molecule has 0 amide bonds. The van der Waals surface area contributed by atoms with Crippen LogP contribution in [0.1, 0.15) is 24.0 Å². The van der Waals surface area contributed by atoms with Gasteiger partial charge in [-0.3, -0.25) is 5.41 Å². The number of nitrogens with two attached hydrogens (primary N) is 1. The molecular formula is C14H18F3N3O. The third-order valence-electron chi connectivity index (χ3n) is 3.74. The van der Waals surface area contributed by atoms with Gasteiger partial charge in [-0.15, -0.1) is 0 Å². The van der Waals surface area contributed by atoms with Crippen LogP contribution in [-0.4, -0.2) is 30.6 Å². The van der Waals surface area contributed by atoms with Crippen LogP contribution in [0.5, 0.6) is 0 Å². The lowest BCUT2D eigenvalue weighted by Crippen LogP contribution is -2.37. The minimum atomic E-state index is -4.53. The Hall–Kier alpha value is -1.76. The van der Waals surface area contributed by atoms with Crippen LogP contribution in [-0.2, 0) is 6.18 Å². The van der Waals surface area contributed by atoms with Crippen LogP contribution in [0.4, 0.5) is 18.9 Å². The summed E-state index contributed by atoms with van der Waals surface area (Å²) >= 11 is 0. The van der Waals surface area contributed by atoms with E-state index in [1.165, 1.54) is 12.1 Å². The van der Waals surface area contributed by atoms with Crippen molar-refractivity contribution in [3.63, 3.8) is 0 Å². The zero-order valence-corrected chi connectivity index (χ0v) is 11.5. The highest BCUT2D eigenvalue weighted by molar-refractivity contribution is 5.97. The highest BCUT2D eigenvalue weighted by atomic mass is 19.4. The summed E-state index contributed by atoms with van der Waals surface area (Å²) in [7, 11) is 0. The lowest BCUT2D eigenvalue weighted by atomic mass is 9.97. The van der Waals surface area contributed by atoms with Crippen molar-refractivity contribution in [1.29, 1.82) is 5.41 Å². The number of nitrogen functional groups attached to an aromatic ring is 1. The van der Waals surface area contributed by atoms with Crippen molar-refractivity contribution in [3.8, 4) is 0 Å². The van der Waals surface area contributed by atoms with E-state index in [0.717, 1.165) is 25.5 Å². The van der Waals surface area contributed by atoms with Crippen LogP contribution in [0.2, 0.25) is 0 Å². The summed E-state index contributed by atoms with van der Waals surface area (Å²) in [5.74, 6) is -0.471. The number of anilines is 1. The van der Waals surface area contributed by atoms with E-state index >= 15 is 0 Å². The summed E-state index contributed by atoms with van der Waals surface area (Å²) < 4.78 is 38.7. The van der Waals surface area contributed by atoms with Gasteiger partial charge in [0.15, 0.2) is 0 Å². The molecule has 21 heavy (non-hydrogen) atoms. The monoisotopic (exact) mass is 301 g/mol. The number of aliphatic hydroxyl groups is 1. The molecule has 1 heterocycles. The van der Waals surface area contributed by atoms with Gasteiger partial charge in [0.1, 0.15) is 5.84 Å². The molecule has 1 aromatic rings. The number of halogens is 3. The number of alkyl halides is 3. The number of hydrogen-bond donors (Lipinski definition) is 3. The van der Waals surface area contributed by atoms with Crippen LogP contribution in [0.15, 0.2) is 18.2 Å². The Balaban J connectivity index is 2.34. The molecule has 1 atom stereocenters. The Morgan fingerprint density at radius 3 is 2.71 bits per heavy atom. The third kappa shape index (κ3) is 3.47. The fourth-order valence-corrected chi connectivity index (χ4v) is 2.65. The summed E-state index contributed by atoms with van der Waals surface area (Å²) in [6.45, 7) is 1.38. The highest BCUT2D eigenvalue weighted by Crippen LogP contribution is 2.34. The molecule has 7 heteroatoms. The largest absolute Gasteiger partial charge is 0.417 e. The van der Waals surface area contributed by atoms with E-state index in [9.17, 15) is 18.3 Å². The first-order valence-electron chi connectivity index (χ1n) is 6.74. The van der Waals surface area contributed by atoms with Crippen molar-refractivity contribution in [1.82, 2.24) is 0 Å². The van der Waals surface area contributed by atoms with E-state index in [1.807, 2.05) is 4.90 Å². The lowest BCUT2D eigenvalue weighted by molar-refractivity contribution is -0.137. The molecule has 1 aliphatic rings. The number of nitrogens with one attached hydrogen (secondary N) is 1. The van der Waals surface area contributed by atoms with Crippen LogP contribution in [0, 0.1) is 11.3 Å². The molecule has 1 aliphatic heterocycles. The zero-order valence-electron chi connectivity index (χ0n) is 11.5. The van der Waals surface area contributed by atoms with Gasteiger partial charge in [0.2, 0.25) is 0 Å². The van der Waals surface area contributed by atoms with E-state index in [0.29, 0.717) is 12.2 Å². The summed E-state index contributed by atoms with van der Waals surface area (Å²) in [4.78, 5) is 1.93. The van der Waals surface area contributed by atoms with Gasteiger partial charge in [-0.2, -0.15) is 13.2 Å². The normalized spacial score (nSPS) is 19.6. The van der Waals surface area contributed by atoms with Crippen molar-refractivity contribution in [2.45, 2.75) is 19.0 Å². The van der Waals surface area contributed by atoms with Gasteiger partial charge in [-0.1, -0.05) is 0 Å². The van der Waals surface area contributed by atoms with Crippen molar-refractivity contribution >= 4 is 11.5 Å². The summed E-state index contributed by atoms with van der Waals surface area (Å²) in [6.07, 6.45) is -2.75. The number of piperidine rings is 1. The first-order valence-corrected chi connectivity index (χ1v) is 6.74. The van der Waals surface area contributed by atoms with Gasteiger partial charge in [0, 0.05) is 30.9 Å². The predicted octanol–water partition coefficient (Wildman–Crippen LogP) is 2.20. The predicted molar refractivity (Wildman–Crippen MR) is 74.5 cm³/mol. The number of amidine groups is 1. The van der Waals surface area contributed by atoms with Gasteiger partial charge < -0.3 is 15.7 Å².